The van der Waals surface area contributed by atoms with E-state index in [-0.39, 0.29) is 12.5 Å². The number of nitrogens with zero attached hydrogens (tertiary/aromatic N) is 1. The minimum Gasteiger partial charge on any atom is -0.496 e. The first-order valence-electron chi connectivity index (χ1n) is 7.92. The number of halogens is 1. The molecule has 124 valence electrons. The number of benzene rings is 1. The third-order valence-corrected chi connectivity index (χ3v) is 4.94. The number of rotatable bonds is 3. The molecule has 1 aromatic rings. The highest BCUT2D eigenvalue weighted by Gasteiger charge is 2.52. The van der Waals surface area contributed by atoms with Crippen molar-refractivity contribution >= 4 is 11.9 Å². The molecule has 1 N–H and O–H groups in total. The summed E-state index contributed by atoms with van der Waals surface area (Å²) in [4.78, 5) is 26.3. The van der Waals surface area contributed by atoms with E-state index in [0.717, 1.165) is 12.8 Å². The normalized spacial score (nSPS) is 27.4. The number of urea groups is 1. The molecule has 1 aliphatic carbocycles. The van der Waals surface area contributed by atoms with Gasteiger partial charge in [0.2, 0.25) is 0 Å². The van der Waals surface area contributed by atoms with E-state index in [0.29, 0.717) is 30.1 Å². The second kappa shape index (κ2) is 5.83. The molecule has 0 radical (unpaired) electrons. The quantitative estimate of drug-likeness (QED) is 0.871. The van der Waals surface area contributed by atoms with Crippen LogP contribution in [0.15, 0.2) is 18.2 Å². The number of methoxy groups -OCH3 is 1. The van der Waals surface area contributed by atoms with Crippen LogP contribution < -0.4 is 10.1 Å². The van der Waals surface area contributed by atoms with Crippen LogP contribution in [-0.4, -0.2) is 29.5 Å². The topological polar surface area (TPSA) is 58.6 Å². The molecule has 1 saturated heterocycles. The van der Waals surface area contributed by atoms with Gasteiger partial charge in [-0.15, -0.1) is 0 Å². The fourth-order valence-electron chi connectivity index (χ4n) is 3.45. The summed E-state index contributed by atoms with van der Waals surface area (Å²) in [6, 6.07) is 3.68. The van der Waals surface area contributed by atoms with Crippen LogP contribution in [0.5, 0.6) is 5.75 Å². The summed E-state index contributed by atoms with van der Waals surface area (Å²) >= 11 is 0. The smallest absolute Gasteiger partial charge is 0.325 e. The standard InChI is InChI=1S/C17H21FN2O3/c1-11-5-7-17(8-6-11)15(21)20(16(22)19-17)10-12-9-13(18)3-4-14(12)23-2/h3-4,9,11H,5-8,10H2,1-2H3,(H,19,22). The van der Waals surface area contributed by atoms with Gasteiger partial charge in [-0.05, 0) is 49.8 Å². The zero-order valence-corrected chi connectivity index (χ0v) is 13.4. The van der Waals surface area contributed by atoms with Gasteiger partial charge >= 0.3 is 6.03 Å². The third-order valence-electron chi connectivity index (χ3n) is 4.94. The summed E-state index contributed by atoms with van der Waals surface area (Å²) in [6.45, 7) is 2.17. The number of ether oxygens (including phenoxy) is 1. The molecule has 1 spiro atoms. The summed E-state index contributed by atoms with van der Waals surface area (Å²) in [5.41, 5.74) is -0.290. The van der Waals surface area contributed by atoms with Crippen molar-refractivity contribution in [3.63, 3.8) is 0 Å². The minimum absolute atomic E-state index is 0.0168. The van der Waals surface area contributed by atoms with Crippen molar-refractivity contribution in [3.05, 3.63) is 29.6 Å². The minimum atomic E-state index is -0.774. The van der Waals surface area contributed by atoms with Gasteiger partial charge in [0, 0.05) is 5.56 Å². The second-order valence-electron chi connectivity index (χ2n) is 6.54. The predicted molar refractivity (Wildman–Crippen MR) is 82.4 cm³/mol. The molecule has 1 aromatic carbocycles. The van der Waals surface area contributed by atoms with Crippen LogP contribution in [0.2, 0.25) is 0 Å². The first-order valence-corrected chi connectivity index (χ1v) is 7.92. The number of hydrogen-bond acceptors (Lipinski definition) is 3. The van der Waals surface area contributed by atoms with Crippen LogP contribution in [0, 0.1) is 11.7 Å². The van der Waals surface area contributed by atoms with Crippen LogP contribution in [0.25, 0.3) is 0 Å². The highest BCUT2D eigenvalue weighted by Crippen LogP contribution is 2.37. The van der Waals surface area contributed by atoms with Crippen molar-refractivity contribution in [1.29, 1.82) is 0 Å². The lowest BCUT2D eigenvalue weighted by molar-refractivity contribution is -0.133. The first-order chi connectivity index (χ1) is 10.9. The van der Waals surface area contributed by atoms with Crippen molar-refractivity contribution in [1.82, 2.24) is 10.2 Å². The van der Waals surface area contributed by atoms with E-state index in [1.54, 1.807) is 0 Å². The fourth-order valence-corrected chi connectivity index (χ4v) is 3.45. The number of hydrogen-bond donors (Lipinski definition) is 1. The predicted octanol–water partition coefficient (Wildman–Crippen LogP) is 2.84. The van der Waals surface area contributed by atoms with Gasteiger partial charge in [0.25, 0.3) is 5.91 Å². The molecule has 3 amide bonds. The summed E-state index contributed by atoms with van der Waals surface area (Å²) in [5, 5.41) is 2.86. The maximum absolute atomic E-state index is 13.5. The molecule has 0 atom stereocenters. The van der Waals surface area contributed by atoms with E-state index in [1.165, 1.54) is 30.2 Å². The highest BCUT2D eigenvalue weighted by molar-refractivity contribution is 6.07. The van der Waals surface area contributed by atoms with E-state index in [2.05, 4.69) is 12.2 Å². The van der Waals surface area contributed by atoms with Gasteiger partial charge in [-0.2, -0.15) is 0 Å². The number of carbonyl (C=O) groups is 2. The average molecular weight is 320 g/mol. The Labute approximate surface area is 134 Å². The number of amides is 3. The van der Waals surface area contributed by atoms with Gasteiger partial charge in [-0.1, -0.05) is 6.92 Å². The summed E-state index contributed by atoms with van der Waals surface area (Å²) in [6.07, 6.45) is 3.16. The Morgan fingerprint density at radius 2 is 2.04 bits per heavy atom. The van der Waals surface area contributed by atoms with Crippen LogP contribution in [0.1, 0.15) is 38.2 Å². The molecular weight excluding hydrogens is 299 g/mol. The van der Waals surface area contributed by atoms with Crippen molar-refractivity contribution in [2.24, 2.45) is 5.92 Å². The van der Waals surface area contributed by atoms with Crippen molar-refractivity contribution in [2.45, 2.75) is 44.7 Å². The van der Waals surface area contributed by atoms with E-state index >= 15 is 0 Å². The first kappa shape index (κ1) is 15.8. The van der Waals surface area contributed by atoms with Gasteiger partial charge in [0.1, 0.15) is 17.1 Å². The average Bonchev–Trinajstić information content (AvgIpc) is 2.75. The number of nitrogens with one attached hydrogen (secondary N) is 1. The van der Waals surface area contributed by atoms with Crippen molar-refractivity contribution < 1.29 is 18.7 Å². The van der Waals surface area contributed by atoms with E-state index in [1.807, 2.05) is 0 Å². The van der Waals surface area contributed by atoms with E-state index < -0.39 is 17.4 Å². The molecule has 1 saturated carbocycles. The van der Waals surface area contributed by atoms with E-state index in [9.17, 15) is 14.0 Å². The molecule has 2 aliphatic rings. The largest absolute Gasteiger partial charge is 0.496 e. The number of carbonyl (C=O) groups excluding carboxylic acids is 2. The maximum atomic E-state index is 13.5. The molecule has 1 aliphatic heterocycles. The summed E-state index contributed by atoms with van der Waals surface area (Å²) < 4.78 is 18.7. The lowest BCUT2D eigenvalue weighted by Gasteiger charge is -2.33. The van der Waals surface area contributed by atoms with Crippen LogP contribution in [-0.2, 0) is 11.3 Å². The Balaban J connectivity index is 1.83. The molecule has 5 nitrogen and oxygen atoms in total. The molecule has 2 fully saturated rings. The van der Waals surface area contributed by atoms with Crippen molar-refractivity contribution in [3.8, 4) is 5.75 Å². The Kier molecular flexibility index (Phi) is 4.00. The zero-order chi connectivity index (χ0) is 16.6. The Bertz CT molecular complexity index is 639. The third kappa shape index (κ3) is 2.78. The lowest BCUT2D eigenvalue weighted by Crippen LogP contribution is -2.49. The molecule has 0 unspecified atom stereocenters. The maximum Gasteiger partial charge on any atom is 0.325 e. The van der Waals surface area contributed by atoms with Gasteiger partial charge in [0.15, 0.2) is 0 Å². The summed E-state index contributed by atoms with van der Waals surface area (Å²) in [5.74, 6) is 0.405. The molecule has 0 aromatic heterocycles. The van der Waals surface area contributed by atoms with Gasteiger partial charge in [0.05, 0.1) is 13.7 Å². The molecule has 1 heterocycles. The van der Waals surface area contributed by atoms with Gasteiger partial charge in [-0.25, -0.2) is 9.18 Å². The monoisotopic (exact) mass is 320 g/mol. The Hall–Kier alpha value is -2.11. The second-order valence-corrected chi connectivity index (χ2v) is 6.54. The van der Waals surface area contributed by atoms with Crippen LogP contribution in [0.4, 0.5) is 9.18 Å². The Morgan fingerprint density at radius 3 is 2.70 bits per heavy atom. The molecule has 6 heteroatoms. The van der Waals surface area contributed by atoms with Gasteiger partial charge in [-0.3, -0.25) is 9.69 Å². The Morgan fingerprint density at radius 1 is 1.35 bits per heavy atom. The van der Waals surface area contributed by atoms with E-state index in [4.69, 9.17) is 4.74 Å². The van der Waals surface area contributed by atoms with Crippen LogP contribution in [0.3, 0.4) is 0 Å². The molecular formula is C17H21FN2O3. The molecule has 3 rings (SSSR count). The molecule has 23 heavy (non-hydrogen) atoms. The fraction of sp³-hybridized carbons (Fsp3) is 0.529. The lowest BCUT2D eigenvalue weighted by atomic mass is 9.77. The zero-order valence-electron chi connectivity index (χ0n) is 13.4. The summed E-state index contributed by atoms with van der Waals surface area (Å²) in [7, 11) is 1.48. The van der Waals surface area contributed by atoms with Crippen LogP contribution >= 0.6 is 0 Å². The number of imide groups is 1. The highest BCUT2D eigenvalue weighted by atomic mass is 19.1. The SMILES string of the molecule is COc1ccc(F)cc1CN1C(=O)NC2(CCC(C)CC2)C1=O. The van der Waals surface area contributed by atoms with Crippen molar-refractivity contribution in [2.75, 3.05) is 7.11 Å². The molecule has 0 bridgehead atoms. The van der Waals surface area contributed by atoms with Gasteiger partial charge < -0.3 is 10.1 Å².